The average molecular weight is 579 g/mol. The molecule has 1 aromatic carbocycles. The molecule has 5 bridgehead atoms. The van der Waals surface area contributed by atoms with Crippen molar-refractivity contribution < 1.29 is 33.8 Å². The van der Waals surface area contributed by atoms with Crippen molar-refractivity contribution in [3.63, 3.8) is 0 Å². The van der Waals surface area contributed by atoms with Crippen LogP contribution in [-0.4, -0.2) is 103 Å². The van der Waals surface area contributed by atoms with E-state index in [1.807, 2.05) is 30.3 Å². The number of hydrogen-bond donors (Lipinski definition) is 2. The lowest BCUT2D eigenvalue weighted by atomic mass is 9.74. The van der Waals surface area contributed by atoms with E-state index in [4.69, 9.17) is 9.47 Å². The molecule has 0 aliphatic carbocycles. The number of fused-ring (bicyclic) bond motifs is 3. The second kappa shape index (κ2) is 11.0. The van der Waals surface area contributed by atoms with Gasteiger partial charge >= 0.3 is 5.97 Å². The molecule has 2 N–H and O–H groups in total. The van der Waals surface area contributed by atoms with E-state index in [2.05, 4.69) is 15.6 Å². The van der Waals surface area contributed by atoms with Crippen molar-refractivity contribution in [2.75, 3.05) is 19.7 Å². The summed E-state index contributed by atoms with van der Waals surface area (Å²) in [5.74, 6) is -3.69. The third-order valence-corrected chi connectivity index (χ3v) is 8.53. The summed E-state index contributed by atoms with van der Waals surface area (Å²) < 4.78 is 13.6. The van der Waals surface area contributed by atoms with Gasteiger partial charge in [-0.2, -0.15) is 0 Å². The van der Waals surface area contributed by atoms with Gasteiger partial charge in [-0.3, -0.25) is 19.2 Å². The molecular weight excluding hydrogens is 544 g/mol. The second-order valence-corrected chi connectivity index (χ2v) is 11.3. The summed E-state index contributed by atoms with van der Waals surface area (Å²) in [5.41, 5.74) is -0.0224. The highest BCUT2D eigenvalue weighted by atomic mass is 16.6. The van der Waals surface area contributed by atoms with Crippen LogP contribution in [0.2, 0.25) is 0 Å². The monoisotopic (exact) mass is 578 g/mol. The van der Waals surface area contributed by atoms with Crippen LogP contribution in [0.1, 0.15) is 26.7 Å². The van der Waals surface area contributed by atoms with Crippen molar-refractivity contribution in [1.82, 2.24) is 30.1 Å². The second-order valence-electron chi connectivity index (χ2n) is 11.3. The van der Waals surface area contributed by atoms with Crippen molar-refractivity contribution in [3.05, 3.63) is 48.6 Å². The Hall–Kier alpha value is -4.10. The fraction of sp³-hybridized carbons (Fsp3) is 0.517. The van der Waals surface area contributed by atoms with E-state index in [9.17, 15) is 24.3 Å². The van der Waals surface area contributed by atoms with Gasteiger partial charge in [0.25, 0.3) is 5.91 Å². The normalized spacial score (nSPS) is 33.2. The number of likely N-dealkylation sites (tertiary alicyclic amines) is 1. The number of carbonyl (C=O) groups is 4. The number of rotatable bonds is 4. The van der Waals surface area contributed by atoms with Crippen LogP contribution in [0.5, 0.6) is 0 Å². The molecule has 6 rings (SSSR count). The first-order valence-electron chi connectivity index (χ1n) is 14.2. The van der Waals surface area contributed by atoms with Crippen LogP contribution >= 0.6 is 0 Å². The number of benzene rings is 1. The predicted molar refractivity (Wildman–Crippen MR) is 147 cm³/mol. The first-order valence-corrected chi connectivity index (χ1v) is 14.2. The molecule has 2 saturated heterocycles. The standard InChI is InChI=1S/C29H34N6O7/c1-17(15-36)35-25-27(39)33(16-34-20-9-6-5-8-19(20)31-32-34)13-7-3-4-10-22(37)30-14-18(2)41-28(40)23-21-11-12-29(25,42-21)24(23)26(35)38/h3,5-9,11-12,17-18,21,23-25,36H,4,10,13-16H2,1-2H3,(H,30,37)/b7-3-/t17-,18+,21-,23+,24+,25-,29+/m1/s1. The number of ether oxygens (including phenoxy) is 2. The summed E-state index contributed by atoms with van der Waals surface area (Å²) >= 11 is 0. The molecule has 13 heteroatoms. The lowest BCUT2D eigenvalue weighted by Gasteiger charge is -2.37. The van der Waals surface area contributed by atoms with Crippen LogP contribution in [0.4, 0.5) is 0 Å². The van der Waals surface area contributed by atoms with Crippen LogP contribution in [0.15, 0.2) is 48.6 Å². The third kappa shape index (κ3) is 4.56. The van der Waals surface area contributed by atoms with E-state index in [1.165, 1.54) is 4.90 Å². The quantitative estimate of drug-likeness (QED) is 0.381. The zero-order valence-corrected chi connectivity index (χ0v) is 23.5. The van der Waals surface area contributed by atoms with Gasteiger partial charge in [0.05, 0.1) is 36.7 Å². The molecule has 13 nitrogen and oxygen atoms in total. The summed E-state index contributed by atoms with van der Waals surface area (Å²) in [5, 5.41) is 21.4. The number of amides is 3. The SMILES string of the molecule is C[C@H](CO)N1C(=O)[C@@H]2[C@H]3C(=O)O[C@@H](C)CNC(=O)CC/C=C\CN(Cn4nnc5ccccc54)C(=O)[C@@H]1[C@]21C=C[C@H]3O1. The number of esters is 1. The summed E-state index contributed by atoms with van der Waals surface area (Å²) in [6.45, 7) is 3.24. The predicted octanol–water partition coefficient (Wildman–Crippen LogP) is 0.147. The zero-order chi connectivity index (χ0) is 29.6. The average Bonchev–Trinajstić information content (AvgIpc) is 3.73. The molecule has 0 radical (unpaired) electrons. The minimum absolute atomic E-state index is 0.0209. The smallest absolute Gasteiger partial charge is 0.313 e. The number of aliphatic hydroxyl groups is 1. The largest absolute Gasteiger partial charge is 0.460 e. The number of nitrogens with zero attached hydrogens (tertiary/aromatic N) is 5. The number of aliphatic hydroxyl groups excluding tert-OH is 1. The van der Waals surface area contributed by atoms with Crippen LogP contribution in [-0.2, 0) is 35.3 Å². The number of nitrogens with one attached hydrogen (secondary N) is 1. The van der Waals surface area contributed by atoms with Crippen molar-refractivity contribution in [2.45, 2.75) is 63.3 Å². The van der Waals surface area contributed by atoms with Crippen LogP contribution in [0.25, 0.3) is 11.0 Å². The van der Waals surface area contributed by atoms with E-state index < -0.39 is 59.5 Å². The Morgan fingerprint density at radius 3 is 2.79 bits per heavy atom. The lowest BCUT2D eigenvalue weighted by molar-refractivity contribution is -0.159. The fourth-order valence-electron chi connectivity index (χ4n) is 6.49. The van der Waals surface area contributed by atoms with Crippen LogP contribution in [0.3, 0.4) is 0 Å². The molecule has 1 aromatic heterocycles. The zero-order valence-electron chi connectivity index (χ0n) is 23.5. The highest BCUT2D eigenvalue weighted by Gasteiger charge is 2.74. The molecule has 3 amide bonds. The molecule has 1 spiro atoms. The van der Waals surface area contributed by atoms with Gasteiger partial charge in [0, 0.05) is 13.0 Å². The Morgan fingerprint density at radius 1 is 1.17 bits per heavy atom. The Labute approximate surface area is 242 Å². The maximum atomic E-state index is 14.6. The first kappa shape index (κ1) is 28.0. The van der Waals surface area contributed by atoms with E-state index >= 15 is 0 Å². The summed E-state index contributed by atoms with van der Waals surface area (Å²) in [6, 6.07) is 5.51. The fourth-order valence-corrected chi connectivity index (χ4v) is 6.49. The molecule has 42 heavy (non-hydrogen) atoms. The van der Waals surface area contributed by atoms with Gasteiger partial charge in [0.1, 0.15) is 35.9 Å². The van der Waals surface area contributed by atoms with E-state index in [-0.39, 0.29) is 38.7 Å². The van der Waals surface area contributed by atoms with Gasteiger partial charge < -0.3 is 29.7 Å². The number of carbonyl (C=O) groups excluding carboxylic acids is 4. The highest BCUT2D eigenvalue weighted by molar-refractivity contribution is 5.99. The van der Waals surface area contributed by atoms with Crippen LogP contribution < -0.4 is 5.32 Å². The molecule has 2 aromatic rings. The minimum atomic E-state index is -1.41. The molecule has 2 fully saturated rings. The van der Waals surface area contributed by atoms with Gasteiger partial charge in [-0.05, 0) is 32.4 Å². The molecule has 222 valence electrons. The Bertz CT molecular complexity index is 1470. The maximum absolute atomic E-state index is 14.6. The van der Waals surface area contributed by atoms with E-state index in [0.717, 1.165) is 5.52 Å². The Kier molecular flexibility index (Phi) is 7.31. The number of cyclic esters (lactones) is 1. The lowest BCUT2D eigenvalue weighted by Crippen LogP contribution is -2.58. The topological polar surface area (TPSA) is 156 Å². The summed E-state index contributed by atoms with van der Waals surface area (Å²) in [6.07, 6.45) is 6.32. The highest BCUT2D eigenvalue weighted by Crippen LogP contribution is 2.56. The number of para-hydroxylation sites is 1. The Morgan fingerprint density at radius 2 is 1.98 bits per heavy atom. The first-order chi connectivity index (χ1) is 20.2. The Balaban J connectivity index is 1.42. The maximum Gasteiger partial charge on any atom is 0.313 e. The van der Waals surface area contributed by atoms with Crippen LogP contribution in [0, 0.1) is 11.8 Å². The molecule has 7 atom stereocenters. The number of hydrogen-bond acceptors (Lipinski definition) is 9. The molecule has 4 aliphatic heterocycles. The molecule has 0 saturated carbocycles. The van der Waals surface area contributed by atoms with Gasteiger partial charge in [0.2, 0.25) is 11.8 Å². The van der Waals surface area contributed by atoms with Crippen molar-refractivity contribution >= 4 is 34.7 Å². The molecular formula is C29H34N6O7. The molecule has 0 unspecified atom stereocenters. The summed E-state index contributed by atoms with van der Waals surface area (Å²) in [7, 11) is 0. The third-order valence-electron chi connectivity index (χ3n) is 8.53. The van der Waals surface area contributed by atoms with Gasteiger partial charge in [-0.25, -0.2) is 4.68 Å². The van der Waals surface area contributed by atoms with E-state index in [1.54, 1.807) is 41.7 Å². The van der Waals surface area contributed by atoms with E-state index in [0.29, 0.717) is 11.9 Å². The minimum Gasteiger partial charge on any atom is -0.460 e. The molecule has 4 aliphatic rings. The number of aromatic nitrogens is 3. The van der Waals surface area contributed by atoms with Crippen molar-refractivity contribution in [1.29, 1.82) is 0 Å². The van der Waals surface area contributed by atoms with Gasteiger partial charge in [-0.15, -0.1) is 5.10 Å². The summed E-state index contributed by atoms with van der Waals surface area (Å²) in [4.78, 5) is 57.4. The number of allylic oxidation sites excluding steroid dienone is 1. The van der Waals surface area contributed by atoms with Crippen molar-refractivity contribution in [3.8, 4) is 0 Å². The van der Waals surface area contributed by atoms with Gasteiger partial charge in [0.15, 0.2) is 0 Å². The van der Waals surface area contributed by atoms with Crippen molar-refractivity contribution in [2.24, 2.45) is 11.8 Å². The van der Waals surface area contributed by atoms with Gasteiger partial charge in [-0.1, -0.05) is 41.7 Å². The molecule has 5 heterocycles.